The highest BCUT2D eigenvalue weighted by Gasteiger charge is 2.44. The molecule has 1 amide bonds. The van der Waals surface area contributed by atoms with E-state index in [1.165, 1.54) is 0 Å². The van der Waals surface area contributed by atoms with Gasteiger partial charge in [0.25, 0.3) is 0 Å². The van der Waals surface area contributed by atoms with Gasteiger partial charge in [-0.1, -0.05) is 72.8 Å². The van der Waals surface area contributed by atoms with Gasteiger partial charge < -0.3 is 15.4 Å². The number of piperidine rings is 1. The molecule has 0 bridgehead atoms. The van der Waals surface area contributed by atoms with E-state index in [2.05, 4.69) is 36.9 Å². The third-order valence-electron chi connectivity index (χ3n) is 6.60. The van der Waals surface area contributed by atoms with Crippen LogP contribution in [0.2, 0.25) is 0 Å². The Bertz CT molecular complexity index is 1110. The second-order valence-electron chi connectivity index (χ2n) is 8.77. The lowest BCUT2D eigenvalue weighted by atomic mass is 9.73. The molecule has 33 heavy (non-hydrogen) atoms. The number of benzene rings is 3. The monoisotopic (exact) mass is 462 g/mol. The lowest BCUT2D eigenvalue weighted by Crippen LogP contribution is -2.52. The minimum absolute atomic E-state index is 0.110. The molecule has 1 heterocycles. The minimum Gasteiger partial charge on any atom is -0.460 e. The quantitative estimate of drug-likeness (QED) is 0.411. The number of carbonyl (C=O) groups excluding carboxylic acids is 2. The summed E-state index contributed by atoms with van der Waals surface area (Å²) < 4.78 is 5.84. The van der Waals surface area contributed by atoms with Crippen LogP contribution in [0.1, 0.15) is 24.0 Å². The van der Waals surface area contributed by atoms with Crippen molar-refractivity contribution >= 4 is 35.3 Å². The lowest BCUT2D eigenvalue weighted by molar-refractivity contribution is -0.162. The molecular formula is C27H30N2O3S. The number of hydrogen-bond donors (Lipinski definition) is 2. The Morgan fingerprint density at radius 2 is 1.64 bits per heavy atom. The maximum Gasteiger partial charge on any atom is 0.312 e. The topological polar surface area (TPSA) is 72.6 Å². The molecule has 1 aliphatic rings. The van der Waals surface area contributed by atoms with Gasteiger partial charge in [0.15, 0.2) is 0 Å². The van der Waals surface area contributed by atoms with E-state index in [-0.39, 0.29) is 18.5 Å². The number of ether oxygens (including phenoxy) is 1. The summed E-state index contributed by atoms with van der Waals surface area (Å²) in [6, 6.07) is 23.5. The number of fused-ring (bicyclic) bond motifs is 1. The van der Waals surface area contributed by atoms with Gasteiger partial charge in [-0.15, -0.1) is 0 Å². The first kappa shape index (κ1) is 23.3. The van der Waals surface area contributed by atoms with Crippen molar-refractivity contribution in [2.24, 2.45) is 11.1 Å². The summed E-state index contributed by atoms with van der Waals surface area (Å²) in [6.45, 7) is 1.20. The van der Waals surface area contributed by atoms with Crippen LogP contribution in [-0.4, -0.2) is 41.7 Å². The molecule has 6 heteroatoms. The van der Waals surface area contributed by atoms with E-state index in [1.54, 1.807) is 4.90 Å². The molecule has 4 rings (SSSR count). The minimum atomic E-state index is -0.694. The molecule has 2 N–H and O–H groups in total. The van der Waals surface area contributed by atoms with E-state index < -0.39 is 11.5 Å². The third kappa shape index (κ3) is 5.23. The van der Waals surface area contributed by atoms with Gasteiger partial charge in [0, 0.05) is 18.8 Å². The van der Waals surface area contributed by atoms with Crippen LogP contribution < -0.4 is 5.73 Å². The zero-order chi connectivity index (χ0) is 23.3. The molecule has 1 fully saturated rings. The molecule has 0 radical (unpaired) electrons. The van der Waals surface area contributed by atoms with Crippen molar-refractivity contribution in [2.75, 3.05) is 18.8 Å². The largest absolute Gasteiger partial charge is 0.460 e. The molecule has 1 saturated heterocycles. The predicted molar refractivity (Wildman–Crippen MR) is 134 cm³/mol. The number of rotatable bonds is 7. The normalized spacial score (nSPS) is 16.4. The number of esters is 1. The number of likely N-dealkylation sites (tertiary alicyclic amines) is 1. The average molecular weight is 463 g/mol. The van der Waals surface area contributed by atoms with Crippen molar-refractivity contribution < 1.29 is 14.3 Å². The Morgan fingerprint density at radius 1 is 0.970 bits per heavy atom. The van der Waals surface area contributed by atoms with Crippen LogP contribution in [-0.2, 0) is 27.4 Å². The van der Waals surface area contributed by atoms with E-state index in [0.29, 0.717) is 38.1 Å². The van der Waals surface area contributed by atoms with Gasteiger partial charge in [-0.05, 0) is 41.2 Å². The molecular weight excluding hydrogens is 432 g/mol. The van der Waals surface area contributed by atoms with Gasteiger partial charge in [-0.25, -0.2) is 0 Å². The van der Waals surface area contributed by atoms with Crippen LogP contribution in [0.3, 0.4) is 0 Å². The fourth-order valence-corrected chi connectivity index (χ4v) is 4.76. The summed E-state index contributed by atoms with van der Waals surface area (Å²) in [5, 5.41) is 2.29. The highest BCUT2D eigenvalue weighted by Crippen LogP contribution is 2.38. The number of amides is 1. The Morgan fingerprint density at radius 3 is 2.36 bits per heavy atom. The fraction of sp³-hybridized carbons (Fsp3) is 0.333. The number of hydrogen-bond acceptors (Lipinski definition) is 5. The van der Waals surface area contributed by atoms with E-state index in [4.69, 9.17) is 10.5 Å². The third-order valence-corrected chi connectivity index (χ3v) is 6.99. The predicted octanol–water partition coefficient (Wildman–Crippen LogP) is 3.99. The Labute approximate surface area is 200 Å². The molecule has 3 aromatic carbocycles. The second-order valence-corrected chi connectivity index (χ2v) is 9.14. The first-order chi connectivity index (χ1) is 16.0. The zero-order valence-corrected chi connectivity index (χ0v) is 19.5. The first-order valence-corrected chi connectivity index (χ1v) is 12.0. The lowest BCUT2D eigenvalue weighted by Gasteiger charge is -2.41. The molecule has 172 valence electrons. The van der Waals surface area contributed by atoms with Crippen molar-refractivity contribution in [1.82, 2.24) is 4.90 Å². The van der Waals surface area contributed by atoms with Gasteiger partial charge >= 0.3 is 5.97 Å². The smallest absolute Gasteiger partial charge is 0.312 e. The van der Waals surface area contributed by atoms with Crippen LogP contribution in [0.4, 0.5) is 0 Å². The van der Waals surface area contributed by atoms with Crippen LogP contribution in [0.15, 0.2) is 72.8 Å². The summed E-state index contributed by atoms with van der Waals surface area (Å²) in [4.78, 5) is 27.9. The molecule has 1 atom stereocenters. The van der Waals surface area contributed by atoms with Crippen LogP contribution in [0, 0.1) is 5.41 Å². The van der Waals surface area contributed by atoms with Gasteiger partial charge in [0.1, 0.15) is 6.61 Å². The molecule has 0 unspecified atom stereocenters. The Hall–Kier alpha value is -2.83. The van der Waals surface area contributed by atoms with Crippen molar-refractivity contribution in [3.8, 4) is 0 Å². The average Bonchev–Trinajstić information content (AvgIpc) is 2.87. The van der Waals surface area contributed by atoms with Gasteiger partial charge in [0.2, 0.25) is 5.91 Å². The van der Waals surface area contributed by atoms with Gasteiger partial charge in [0.05, 0.1) is 11.5 Å². The standard InChI is InChI=1S/C27H30N2O3S/c28-24(19-33)25(30)29-15-13-27(14-16-29,26(31)32-18-20-7-2-1-3-8-20)17-22-11-6-10-21-9-4-5-12-23(21)22/h1-12,24,33H,13-19,28H2/t24-/m0/s1. The van der Waals surface area contributed by atoms with Gasteiger partial charge in [-0.2, -0.15) is 12.6 Å². The van der Waals surface area contributed by atoms with Crippen molar-refractivity contribution in [2.45, 2.75) is 31.9 Å². The number of nitrogens with two attached hydrogens (primary N) is 1. The van der Waals surface area contributed by atoms with Gasteiger partial charge in [-0.3, -0.25) is 9.59 Å². The number of nitrogens with zero attached hydrogens (tertiary/aromatic N) is 1. The fourth-order valence-electron chi connectivity index (χ4n) is 4.61. The molecule has 1 aliphatic heterocycles. The molecule has 0 aliphatic carbocycles. The summed E-state index contributed by atoms with van der Waals surface area (Å²) in [7, 11) is 0. The summed E-state index contributed by atoms with van der Waals surface area (Å²) >= 11 is 4.16. The molecule has 3 aromatic rings. The van der Waals surface area contributed by atoms with E-state index in [0.717, 1.165) is 21.9 Å². The van der Waals surface area contributed by atoms with Crippen LogP contribution in [0.25, 0.3) is 10.8 Å². The maximum absolute atomic E-state index is 13.5. The van der Waals surface area contributed by atoms with Crippen molar-refractivity contribution in [3.63, 3.8) is 0 Å². The Balaban J connectivity index is 1.58. The van der Waals surface area contributed by atoms with E-state index >= 15 is 0 Å². The molecule has 0 aromatic heterocycles. The van der Waals surface area contributed by atoms with E-state index in [1.807, 2.05) is 48.5 Å². The molecule has 0 spiro atoms. The zero-order valence-electron chi connectivity index (χ0n) is 18.7. The first-order valence-electron chi connectivity index (χ1n) is 11.4. The van der Waals surface area contributed by atoms with Crippen LogP contribution in [0.5, 0.6) is 0 Å². The van der Waals surface area contributed by atoms with E-state index in [9.17, 15) is 9.59 Å². The number of carbonyl (C=O) groups is 2. The summed E-state index contributed by atoms with van der Waals surface area (Å²) in [5.41, 5.74) is 7.30. The molecule has 5 nitrogen and oxygen atoms in total. The number of thiol groups is 1. The van der Waals surface area contributed by atoms with Crippen molar-refractivity contribution in [3.05, 3.63) is 83.9 Å². The van der Waals surface area contributed by atoms with Crippen molar-refractivity contribution in [1.29, 1.82) is 0 Å². The molecule has 0 saturated carbocycles. The second kappa shape index (κ2) is 10.4. The SMILES string of the molecule is N[C@@H](CS)C(=O)N1CCC(Cc2cccc3ccccc23)(C(=O)OCc2ccccc2)CC1. The van der Waals surface area contributed by atoms with Crippen LogP contribution >= 0.6 is 12.6 Å². The maximum atomic E-state index is 13.5. The highest BCUT2D eigenvalue weighted by atomic mass is 32.1. The summed E-state index contributed by atoms with van der Waals surface area (Å²) in [5.74, 6) is -0.0124. The summed E-state index contributed by atoms with van der Waals surface area (Å²) in [6.07, 6.45) is 1.65. The Kier molecular flexibility index (Phi) is 7.36. The highest BCUT2D eigenvalue weighted by molar-refractivity contribution is 7.80.